The first-order chi connectivity index (χ1) is 8.20. The molecule has 2 saturated heterocycles. The maximum absolute atomic E-state index is 4.47. The van der Waals surface area contributed by atoms with Crippen LogP contribution in [0.3, 0.4) is 0 Å². The SMILES string of the molecule is Cc1ccc(N2CC(CN3CC(C)C3)C2)nc1. The second-order valence-corrected chi connectivity index (χ2v) is 5.79. The van der Waals surface area contributed by atoms with Crippen LogP contribution in [0, 0.1) is 18.8 Å². The number of rotatable bonds is 3. The maximum atomic E-state index is 4.47. The molecular formula is C14H21N3. The quantitative estimate of drug-likeness (QED) is 0.790. The van der Waals surface area contributed by atoms with Gasteiger partial charge in [-0.05, 0) is 24.5 Å². The average molecular weight is 231 g/mol. The fraction of sp³-hybridized carbons (Fsp3) is 0.643. The first kappa shape index (κ1) is 11.0. The lowest BCUT2D eigenvalue weighted by Gasteiger charge is -2.46. The van der Waals surface area contributed by atoms with Crippen LogP contribution in [0.4, 0.5) is 5.82 Å². The smallest absolute Gasteiger partial charge is 0.128 e. The number of hydrogen-bond acceptors (Lipinski definition) is 3. The summed E-state index contributed by atoms with van der Waals surface area (Å²) in [6, 6.07) is 4.28. The van der Waals surface area contributed by atoms with Crippen molar-refractivity contribution in [1.29, 1.82) is 0 Å². The van der Waals surface area contributed by atoms with E-state index in [0.29, 0.717) is 0 Å². The molecule has 0 N–H and O–H groups in total. The zero-order chi connectivity index (χ0) is 11.8. The third kappa shape index (κ3) is 2.29. The molecule has 2 fully saturated rings. The number of anilines is 1. The van der Waals surface area contributed by atoms with E-state index in [1.165, 1.54) is 38.3 Å². The van der Waals surface area contributed by atoms with E-state index in [2.05, 4.69) is 40.8 Å². The minimum Gasteiger partial charge on any atom is -0.356 e. The summed E-state index contributed by atoms with van der Waals surface area (Å²) >= 11 is 0. The summed E-state index contributed by atoms with van der Waals surface area (Å²) in [6.07, 6.45) is 1.96. The Bertz CT molecular complexity index is 375. The molecular weight excluding hydrogens is 210 g/mol. The Balaban J connectivity index is 1.46. The van der Waals surface area contributed by atoms with Crippen LogP contribution in [0.2, 0.25) is 0 Å². The van der Waals surface area contributed by atoms with Gasteiger partial charge in [0, 0.05) is 44.8 Å². The Kier molecular flexibility index (Phi) is 2.79. The van der Waals surface area contributed by atoms with Gasteiger partial charge in [-0.25, -0.2) is 4.98 Å². The molecule has 0 aliphatic carbocycles. The normalized spacial score (nSPS) is 22.4. The fourth-order valence-corrected chi connectivity index (χ4v) is 2.86. The second kappa shape index (κ2) is 4.30. The van der Waals surface area contributed by atoms with Gasteiger partial charge in [-0.15, -0.1) is 0 Å². The highest BCUT2D eigenvalue weighted by atomic mass is 15.3. The molecule has 3 heterocycles. The molecule has 2 aliphatic rings. The van der Waals surface area contributed by atoms with Crippen molar-refractivity contribution < 1.29 is 0 Å². The summed E-state index contributed by atoms with van der Waals surface area (Å²) in [7, 11) is 0. The monoisotopic (exact) mass is 231 g/mol. The standard InChI is InChI=1S/C14H21N3/c1-11-3-4-14(15-5-11)17-9-13(10-17)8-16-6-12(2)7-16/h3-5,12-13H,6-10H2,1-2H3. The third-order valence-electron chi connectivity index (χ3n) is 3.83. The van der Waals surface area contributed by atoms with Gasteiger partial charge >= 0.3 is 0 Å². The zero-order valence-corrected chi connectivity index (χ0v) is 10.8. The van der Waals surface area contributed by atoms with E-state index in [-0.39, 0.29) is 0 Å². The van der Waals surface area contributed by atoms with Gasteiger partial charge < -0.3 is 9.80 Å². The molecule has 3 rings (SSSR count). The van der Waals surface area contributed by atoms with Crippen LogP contribution in [0.25, 0.3) is 0 Å². The Morgan fingerprint density at radius 1 is 1.24 bits per heavy atom. The lowest BCUT2D eigenvalue weighted by atomic mass is 9.95. The van der Waals surface area contributed by atoms with Gasteiger partial charge in [-0.3, -0.25) is 0 Å². The van der Waals surface area contributed by atoms with Crippen LogP contribution in [-0.2, 0) is 0 Å². The van der Waals surface area contributed by atoms with Gasteiger partial charge in [-0.1, -0.05) is 13.0 Å². The van der Waals surface area contributed by atoms with Gasteiger partial charge in [0.15, 0.2) is 0 Å². The van der Waals surface area contributed by atoms with Crippen LogP contribution in [-0.4, -0.2) is 42.6 Å². The minimum absolute atomic E-state index is 0.852. The Morgan fingerprint density at radius 2 is 2.00 bits per heavy atom. The number of nitrogens with zero attached hydrogens (tertiary/aromatic N) is 3. The van der Waals surface area contributed by atoms with E-state index in [4.69, 9.17) is 0 Å². The zero-order valence-electron chi connectivity index (χ0n) is 10.8. The van der Waals surface area contributed by atoms with Gasteiger partial charge in [0.25, 0.3) is 0 Å². The molecule has 0 bridgehead atoms. The topological polar surface area (TPSA) is 19.4 Å². The summed E-state index contributed by atoms with van der Waals surface area (Å²) in [5.41, 5.74) is 1.24. The molecule has 0 unspecified atom stereocenters. The molecule has 0 atom stereocenters. The molecule has 92 valence electrons. The summed E-state index contributed by atoms with van der Waals surface area (Å²) in [6.45, 7) is 10.7. The first-order valence-corrected chi connectivity index (χ1v) is 6.60. The molecule has 0 amide bonds. The first-order valence-electron chi connectivity index (χ1n) is 6.60. The van der Waals surface area contributed by atoms with E-state index in [1.54, 1.807) is 0 Å². The molecule has 0 spiro atoms. The Morgan fingerprint density at radius 3 is 2.59 bits per heavy atom. The van der Waals surface area contributed by atoms with Crippen LogP contribution in [0.1, 0.15) is 12.5 Å². The van der Waals surface area contributed by atoms with E-state index in [0.717, 1.165) is 17.7 Å². The highest BCUT2D eigenvalue weighted by Crippen LogP contribution is 2.25. The van der Waals surface area contributed by atoms with Gasteiger partial charge in [0.2, 0.25) is 0 Å². The number of aryl methyl sites for hydroxylation is 1. The third-order valence-corrected chi connectivity index (χ3v) is 3.83. The van der Waals surface area contributed by atoms with Crippen molar-refractivity contribution >= 4 is 5.82 Å². The van der Waals surface area contributed by atoms with E-state index < -0.39 is 0 Å². The maximum Gasteiger partial charge on any atom is 0.128 e. The van der Waals surface area contributed by atoms with Gasteiger partial charge in [-0.2, -0.15) is 0 Å². The van der Waals surface area contributed by atoms with Crippen molar-refractivity contribution in [2.45, 2.75) is 13.8 Å². The van der Waals surface area contributed by atoms with E-state index in [9.17, 15) is 0 Å². The molecule has 1 aromatic rings. The molecule has 3 nitrogen and oxygen atoms in total. The van der Waals surface area contributed by atoms with Gasteiger partial charge in [0.1, 0.15) is 5.82 Å². The fourth-order valence-electron chi connectivity index (χ4n) is 2.86. The summed E-state index contributed by atoms with van der Waals surface area (Å²) in [5.74, 6) is 2.92. The van der Waals surface area contributed by atoms with Crippen molar-refractivity contribution in [2.75, 3.05) is 37.6 Å². The van der Waals surface area contributed by atoms with Crippen molar-refractivity contribution in [3.63, 3.8) is 0 Å². The number of likely N-dealkylation sites (tertiary alicyclic amines) is 1. The van der Waals surface area contributed by atoms with Crippen molar-refractivity contribution in [2.24, 2.45) is 11.8 Å². The average Bonchev–Trinajstić information content (AvgIpc) is 2.21. The molecule has 2 aliphatic heterocycles. The number of pyridine rings is 1. The van der Waals surface area contributed by atoms with E-state index >= 15 is 0 Å². The van der Waals surface area contributed by atoms with Crippen LogP contribution >= 0.6 is 0 Å². The van der Waals surface area contributed by atoms with Crippen LogP contribution in [0.5, 0.6) is 0 Å². The van der Waals surface area contributed by atoms with Gasteiger partial charge in [0.05, 0.1) is 0 Å². The predicted octanol–water partition coefficient (Wildman–Crippen LogP) is 1.78. The largest absolute Gasteiger partial charge is 0.356 e. The molecule has 3 heteroatoms. The second-order valence-electron chi connectivity index (χ2n) is 5.79. The van der Waals surface area contributed by atoms with Crippen molar-refractivity contribution in [1.82, 2.24) is 9.88 Å². The summed E-state index contributed by atoms with van der Waals surface area (Å²) in [5, 5.41) is 0. The van der Waals surface area contributed by atoms with Crippen molar-refractivity contribution in [3.8, 4) is 0 Å². The Hall–Kier alpha value is -1.09. The van der Waals surface area contributed by atoms with Crippen LogP contribution in [0.15, 0.2) is 18.3 Å². The molecule has 17 heavy (non-hydrogen) atoms. The molecule has 0 saturated carbocycles. The number of aromatic nitrogens is 1. The highest BCUT2D eigenvalue weighted by molar-refractivity contribution is 5.42. The highest BCUT2D eigenvalue weighted by Gasteiger charge is 2.32. The summed E-state index contributed by atoms with van der Waals surface area (Å²) < 4.78 is 0. The Labute approximate surface area is 103 Å². The predicted molar refractivity (Wildman–Crippen MR) is 70.3 cm³/mol. The minimum atomic E-state index is 0.852. The molecule has 1 aromatic heterocycles. The number of hydrogen-bond donors (Lipinski definition) is 0. The summed E-state index contributed by atoms with van der Waals surface area (Å²) in [4.78, 5) is 9.43. The lowest BCUT2D eigenvalue weighted by molar-refractivity contribution is 0.0855. The lowest BCUT2D eigenvalue weighted by Crippen LogP contribution is -2.56. The van der Waals surface area contributed by atoms with Crippen LogP contribution < -0.4 is 4.90 Å². The molecule has 0 radical (unpaired) electrons. The van der Waals surface area contributed by atoms with Crippen molar-refractivity contribution in [3.05, 3.63) is 23.9 Å². The molecule has 0 aromatic carbocycles. The van der Waals surface area contributed by atoms with E-state index in [1.807, 2.05) is 6.20 Å².